The number of fused-ring (bicyclic) bond motifs is 1. The van der Waals surface area contributed by atoms with Gasteiger partial charge in [-0.1, -0.05) is 81.4 Å². The minimum atomic E-state index is -1.59. The number of aromatic nitrogens is 1. The van der Waals surface area contributed by atoms with Gasteiger partial charge in [0.15, 0.2) is 23.3 Å². The molecular formula is C60H81N13O13. The maximum atomic E-state index is 14.2. The van der Waals surface area contributed by atoms with Crippen molar-refractivity contribution in [3.05, 3.63) is 102 Å². The Kier molecular flexibility index (Phi) is 25.7. The maximum Gasteiger partial charge on any atom is 0.315 e. The summed E-state index contributed by atoms with van der Waals surface area (Å²) in [5.41, 5.74) is 19.9. The number of aliphatic hydroxyl groups is 1. The molecule has 3 aromatic carbocycles. The second kappa shape index (κ2) is 32.7. The van der Waals surface area contributed by atoms with Crippen LogP contribution in [0.2, 0.25) is 0 Å². The van der Waals surface area contributed by atoms with E-state index < -0.39 is 138 Å². The van der Waals surface area contributed by atoms with Gasteiger partial charge >= 0.3 is 6.03 Å². The Morgan fingerprint density at radius 3 is 1.98 bits per heavy atom. The van der Waals surface area contributed by atoms with E-state index >= 15 is 0 Å². The molecule has 2 heterocycles. The molecule has 26 heteroatoms. The fraction of sp³-hybridized carbons (Fsp3) is 0.467. The van der Waals surface area contributed by atoms with E-state index in [4.69, 9.17) is 17.2 Å². The van der Waals surface area contributed by atoms with Gasteiger partial charge in [-0.05, 0) is 66.5 Å². The highest BCUT2D eigenvalue weighted by Crippen LogP contribution is 2.24. The molecule has 16 N–H and O–H groups in total. The van der Waals surface area contributed by atoms with Gasteiger partial charge in [-0.15, -0.1) is 0 Å². The number of carbonyl (C=O) groups excluding carboxylic acids is 11. The third-order valence-electron chi connectivity index (χ3n) is 14.6. The van der Waals surface area contributed by atoms with E-state index in [1.807, 2.05) is 38.1 Å². The second-order valence-electron chi connectivity index (χ2n) is 22.1. The highest BCUT2D eigenvalue weighted by Gasteiger charge is 2.43. The predicted molar refractivity (Wildman–Crippen MR) is 318 cm³/mol. The first kappa shape index (κ1) is 67.6. The summed E-state index contributed by atoms with van der Waals surface area (Å²) in [5.74, 6) is -9.52. The van der Waals surface area contributed by atoms with Crippen LogP contribution in [-0.4, -0.2) is 160 Å². The average molecular weight is 1190 g/mol. The first-order valence-electron chi connectivity index (χ1n) is 28.5. The second-order valence-corrected chi connectivity index (χ2v) is 22.1. The monoisotopic (exact) mass is 1190 g/mol. The van der Waals surface area contributed by atoms with Crippen LogP contribution in [0.25, 0.3) is 10.9 Å². The Hall–Kier alpha value is -9.20. The molecule has 86 heavy (non-hydrogen) atoms. The lowest BCUT2D eigenvalue weighted by Gasteiger charge is -2.29. The molecule has 0 bridgehead atoms. The molecule has 26 nitrogen and oxygen atoms in total. The number of carbonyl (C=O) groups is 11. The van der Waals surface area contributed by atoms with Gasteiger partial charge in [-0.3, -0.25) is 52.9 Å². The van der Waals surface area contributed by atoms with Gasteiger partial charge in [0.2, 0.25) is 41.4 Å². The number of guanidine groups is 1. The summed E-state index contributed by atoms with van der Waals surface area (Å²) in [5, 5.41) is 39.8. The van der Waals surface area contributed by atoms with Crippen LogP contribution in [0.4, 0.5) is 4.79 Å². The molecule has 9 amide bonds. The number of urea groups is 1. The van der Waals surface area contributed by atoms with Crippen molar-refractivity contribution in [1.82, 2.24) is 47.1 Å². The number of ketones is 3. The number of amides is 9. The van der Waals surface area contributed by atoms with Gasteiger partial charge in [-0.25, -0.2) is 4.79 Å². The van der Waals surface area contributed by atoms with Crippen molar-refractivity contribution in [1.29, 1.82) is 0 Å². The Bertz CT molecular complexity index is 3080. The zero-order valence-corrected chi connectivity index (χ0v) is 49.1. The summed E-state index contributed by atoms with van der Waals surface area (Å²) in [6.07, 6.45) is -0.711. The fourth-order valence-electron chi connectivity index (χ4n) is 10.1. The lowest BCUT2D eigenvalue weighted by Crippen LogP contribution is -2.56. The molecule has 4 aromatic rings. The summed E-state index contributed by atoms with van der Waals surface area (Å²) in [6.45, 7) is 5.59. The summed E-state index contributed by atoms with van der Waals surface area (Å²) >= 11 is 0. The van der Waals surface area contributed by atoms with Crippen LogP contribution in [-0.2, 0) is 67.2 Å². The summed E-state index contributed by atoms with van der Waals surface area (Å²) in [7, 11) is 1.50. The molecule has 0 spiro atoms. The van der Waals surface area contributed by atoms with Crippen molar-refractivity contribution >= 4 is 81.6 Å². The highest BCUT2D eigenvalue weighted by atomic mass is 16.3. The molecule has 0 saturated carbocycles. The Morgan fingerprint density at radius 2 is 1.33 bits per heavy atom. The summed E-state index contributed by atoms with van der Waals surface area (Å²) in [4.78, 5) is 157. The summed E-state index contributed by atoms with van der Waals surface area (Å²) in [6, 6.07) is 13.3. The van der Waals surface area contributed by atoms with Gasteiger partial charge in [0.05, 0.1) is 37.2 Å². The first-order valence-corrected chi connectivity index (χ1v) is 28.5. The highest BCUT2D eigenvalue weighted by molar-refractivity contribution is 5.99. The number of hydrogen-bond donors (Lipinski definition) is 13. The normalized spacial score (nSPS) is 16.5. The molecule has 1 fully saturated rings. The molecule has 5 rings (SSSR count). The average Bonchev–Trinajstić information content (AvgIpc) is 3.95. The lowest BCUT2D eigenvalue weighted by molar-refractivity contribution is -0.142. The van der Waals surface area contributed by atoms with E-state index in [0.29, 0.717) is 24.1 Å². The van der Waals surface area contributed by atoms with Crippen molar-refractivity contribution in [2.75, 3.05) is 26.7 Å². The third-order valence-corrected chi connectivity index (χ3v) is 14.6. The number of aliphatic imine (C=N–C) groups is 1. The maximum absolute atomic E-state index is 14.2. The molecule has 1 saturated heterocycles. The standard InChI is InChI=1S/C60H81N13O13/c1-33(2)22-44(51(78)27-38(14-11-21-65-59(63)64-5)56(83)71-47(54(62)81)26-39-30-66-43-16-10-9-15-42(39)43)72-60(86)67-31-52(79)45(24-36-12-7-6-8-13-36)69-55(82)34(3)23-50(77)46(29-53(61)80)70-57(84)49-28-41(76)32-73(49)58(85)48(68-35(4)74)25-37-17-19-40(75)20-18-37/h6-10,12-13,15-20,30,33-34,38,41,44-49,66,75-76H,11,14,21-29,31-32H2,1-5H3,(H2,61,80)(H2,62,81)(H,68,74)(H,69,82)(H,70,84)(H,71,83)(H3,63,64,65)(H2,67,72,86)/t34-,38-,41-,44+,45+,46+,47+,48-,49+/m1/s1. The quantitative estimate of drug-likeness (QED) is 0.0169. The van der Waals surface area contributed by atoms with Gasteiger partial charge in [0, 0.05) is 88.1 Å². The number of likely N-dealkylation sites (tertiary alicyclic amines) is 1. The van der Waals surface area contributed by atoms with E-state index in [1.165, 1.54) is 33.0 Å². The number of aromatic hydroxyl groups is 1. The summed E-state index contributed by atoms with van der Waals surface area (Å²) < 4.78 is 0. The number of benzene rings is 3. The van der Waals surface area contributed by atoms with Gasteiger partial charge in [0.1, 0.15) is 23.9 Å². The van der Waals surface area contributed by atoms with E-state index in [2.05, 4.69) is 47.2 Å². The van der Waals surface area contributed by atoms with Crippen molar-refractivity contribution < 1.29 is 63.0 Å². The van der Waals surface area contributed by atoms with Crippen molar-refractivity contribution in [2.45, 2.75) is 134 Å². The zero-order chi connectivity index (χ0) is 63.2. The lowest BCUT2D eigenvalue weighted by atomic mass is 9.90. The van der Waals surface area contributed by atoms with Crippen molar-refractivity contribution in [3.8, 4) is 5.75 Å². The molecule has 9 atom stereocenters. The number of phenols is 1. The van der Waals surface area contributed by atoms with E-state index in [1.54, 1.807) is 48.7 Å². The molecular weight excluding hydrogens is 1110 g/mol. The Labute approximate surface area is 498 Å². The molecule has 0 radical (unpaired) electrons. The van der Waals surface area contributed by atoms with Crippen LogP contribution < -0.4 is 54.4 Å². The number of nitrogens with two attached hydrogens (primary N) is 3. The van der Waals surface area contributed by atoms with E-state index in [-0.39, 0.29) is 69.1 Å². The Balaban J connectivity index is 1.24. The van der Waals surface area contributed by atoms with Crippen LogP contribution in [0.15, 0.2) is 90.1 Å². The van der Waals surface area contributed by atoms with Gasteiger partial charge in [0.25, 0.3) is 0 Å². The molecule has 1 aliphatic rings. The van der Waals surface area contributed by atoms with E-state index in [0.717, 1.165) is 21.4 Å². The zero-order valence-electron chi connectivity index (χ0n) is 49.1. The van der Waals surface area contributed by atoms with E-state index in [9.17, 15) is 63.0 Å². The SMILES string of the molecule is CN=C(N)NCCC[C@H](CC(=O)[C@H](CC(C)C)NC(=O)NCC(=O)[C@H](Cc1ccccc1)NC(=O)[C@H](C)CC(=O)[C@H](CC(N)=O)NC(=O)[C@@H]1C[C@@H](O)CN1C(=O)[C@@H](Cc1ccc(O)cc1)NC(C)=O)C(=O)N[C@@H](Cc1c[nH]c2ccccc12)C(N)=O. The number of aromatic amines is 1. The van der Waals surface area contributed by atoms with Crippen LogP contribution in [0.1, 0.15) is 89.3 Å². The number of Topliss-reactive ketones (excluding diaryl/α,β-unsaturated/α-hetero) is 3. The molecule has 464 valence electrons. The number of primary amides is 2. The minimum Gasteiger partial charge on any atom is -0.508 e. The van der Waals surface area contributed by atoms with Crippen LogP contribution in [0.3, 0.4) is 0 Å². The Morgan fingerprint density at radius 1 is 0.686 bits per heavy atom. The first-order chi connectivity index (χ1) is 40.8. The van der Waals surface area contributed by atoms with Crippen LogP contribution in [0.5, 0.6) is 5.75 Å². The largest absolute Gasteiger partial charge is 0.508 e. The molecule has 0 unspecified atom stereocenters. The number of β-amino-alcohol motifs (C(OH)–C–C–N with tert-alkyl or cyclic N) is 1. The number of aliphatic hydroxyl groups excluding tert-OH is 1. The number of para-hydroxylation sites is 1. The number of phenolic OH excluding ortho intramolecular Hbond substituents is 1. The minimum absolute atomic E-state index is 0.0265. The predicted octanol–water partition coefficient (Wildman–Crippen LogP) is -0.0490. The van der Waals surface area contributed by atoms with Crippen molar-refractivity contribution in [3.63, 3.8) is 0 Å². The van der Waals surface area contributed by atoms with Crippen LogP contribution in [0, 0.1) is 17.8 Å². The van der Waals surface area contributed by atoms with Crippen molar-refractivity contribution in [2.24, 2.45) is 39.9 Å². The topological polar surface area (TPSA) is 422 Å². The fourth-order valence-corrected chi connectivity index (χ4v) is 10.1. The number of H-pyrrole nitrogens is 1. The molecule has 1 aromatic heterocycles. The smallest absolute Gasteiger partial charge is 0.315 e. The van der Waals surface area contributed by atoms with Gasteiger partial charge < -0.3 is 74.5 Å². The van der Waals surface area contributed by atoms with Crippen LogP contribution >= 0.6 is 0 Å². The molecule has 1 aliphatic heterocycles. The number of nitrogens with zero attached hydrogens (tertiary/aromatic N) is 2. The number of rotatable bonds is 33. The van der Waals surface area contributed by atoms with Gasteiger partial charge in [-0.2, -0.15) is 0 Å². The number of nitrogens with one attached hydrogen (secondary N) is 8. The molecule has 0 aliphatic carbocycles. The third kappa shape index (κ3) is 21.1. The number of hydrogen-bond acceptors (Lipinski definition) is 14.